The molecule has 3 aliphatic rings. The monoisotopic (exact) mass is 315 g/mol. The highest BCUT2D eigenvalue weighted by Gasteiger charge is 2.42. The van der Waals surface area contributed by atoms with Gasteiger partial charge < -0.3 is 0 Å². The van der Waals surface area contributed by atoms with Gasteiger partial charge in [0, 0.05) is 43.9 Å². The van der Waals surface area contributed by atoms with E-state index in [2.05, 4.69) is 4.90 Å². The van der Waals surface area contributed by atoms with Crippen molar-refractivity contribution in [1.29, 1.82) is 0 Å². The van der Waals surface area contributed by atoms with E-state index in [4.69, 9.17) is 0 Å². The van der Waals surface area contributed by atoms with Crippen molar-refractivity contribution in [3.05, 3.63) is 39.4 Å². The van der Waals surface area contributed by atoms with Gasteiger partial charge in [0.15, 0.2) is 0 Å². The number of piperidine rings is 1. The fraction of sp³-hybridized carbons (Fsp3) is 0.571. The zero-order valence-electron chi connectivity index (χ0n) is 12.0. The Morgan fingerprint density at radius 2 is 1.95 bits per heavy atom. The zero-order valence-corrected chi connectivity index (χ0v) is 12.0. The van der Waals surface area contributed by atoms with Crippen molar-refractivity contribution in [3.8, 4) is 0 Å². The second-order valence-electron chi connectivity index (χ2n) is 6.00. The molecule has 2 atom stereocenters. The molecule has 3 heterocycles. The molecule has 2 unspecified atom stereocenters. The molecule has 120 valence electrons. The first-order valence-corrected chi connectivity index (χ1v) is 7.04. The normalized spacial score (nSPS) is 25.8. The molecular weight excluding hydrogens is 299 g/mol. The molecule has 22 heavy (non-hydrogen) atoms. The van der Waals surface area contributed by atoms with Crippen molar-refractivity contribution < 1.29 is 18.1 Å². The SMILES string of the molecule is CN1C2CC1CN(Cc1ccc([N+](=O)[O-])cc1C(F)(F)F)C2. The van der Waals surface area contributed by atoms with Crippen LogP contribution >= 0.6 is 0 Å². The topological polar surface area (TPSA) is 49.6 Å². The van der Waals surface area contributed by atoms with E-state index in [1.807, 2.05) is 11.9 Å². The van der Waals surface area contributed by atoms with Crippen LogP contribution in [0.5, 0.6) is 0 Å². The van der Waals surface area contributed by atoms with E-state index in [1.54, 1.807) is 0 Å². The Labute approximate surface area is 125 Å². The molecule has 0 aromatic heterocycles. The molecule has 3 fully saturated rings. The molecule has 0 N–H and O–H groups in total. The second-order valence-corrected chi connectivity index (χ2v) is 6.00. The highest BCUT2D eigenvalue weighted by atomic mass is 19.4. The molecule has 1 aromatic rings. The lowest BCUT2D eigenvalue weighted by atomic mass is 9.88. The first-order valence-electron chi connectivity index (χ1n) is 7.04. The van der Waals surface area contributed by atoms with Gasteiger partial charge in [0.25, 0.3) is 5.69 Å². The van der Waals surface area contributed by atoms with Crippen LogP contribution in [0.2, 0.25) is 0 Å². The summed E-state index contributed by atoms with van der Waals surface area (Å²) in [6, 6.07) is 3.82. The molecule has 0 spiro atoms. The largest absolute Gasteiger partial charge is 0.416 e. The average molecular weight is 315 g/mol. The van der Waals surface area contributed by atoms with Crippen LogP contribution in [0, 0.1) is 10.1 Å². The van der Waals surface area contributed by atoms with Gasteiger partial charge in [0.05, 0.1) is 10.5 Å². The van der Waals surface area contributed by atoms with Crippen LogP contribution in [0.25, 0.3) is 0 Å². The fourth-order valence-electron chi connectivity index (χ4n) is 3.33. The van der Waals surface area contributed by atoms with Crippen LogP contribution in [0.15, 0.2) is 18.2 Å². The van der Waals surface area contributed by atoms with E-state index >= 15 is 0 Å². The second kappa shape index (κ2) is 5.20. The summed E-state index contributed by atoms with van der Waals surface area (Å²) in [4.78, 5) is 14.1. The smallest absolute Gasteiger partial charge is 0.298 e. The lowest BCUT2D eigenvalue weighted by Gasteiger charge is -2.55. The first-order chi connectivity index (χ1) is 10.3. The van der Waals surface area contributed by atoms with Crippen molar-refractivity contribution in [2.45, 2.75) is 31.2 Å². The predicted octanol–water partition coefficient (Wildman–Crippen LogP) is 2.50. The number of fused-ring (bicyclic) bond motifs is 2. The van der Waals surface area contributed by atoms with Gasteiger partial charge in [-0.15, -0.1) is 0 Å². The Bertz CT molecular complexity index is 593. The predicted molar refractivity (Wildman–Crippen MR) is 73.3 cm³/mol. The van der Waals surface area contributed by atoms with Gasteiger partial charge >= 0.3 is 6.18 Å². The summed E-state index contributed by atoms with van der Waals surface area (Å²) in [7, 11) is 2.03. The van der Waals surface area contributed by atoms with Crippen molar-refractivity contribution in [2.75, 3.05) is 20.1 Å². The number of benzene rings is 1. The Morgan fingerprint density at radius 3 is 2.45 bits per heavy atom. The highest BCUT2D eigenvalue weighted by molar-refractivity contribution is 5.41. The number of nitrogens with zero attached hydrogens (tertiary/aromatic N) is 3. The number of piperazine rings is 1. The molecule has 4 rings (SSSR count). The first kappa shape index (κ1) is 15.2. The Hall–Kier alpha value is -1.67. The van der Waals surface area contributed by atoms with Gasteiger partial charge in [0.1, 0.15) is 0 Å². The number of hydrogen-bond donors (Lipinski definition) is 0. The number of nitro groups is 1. The van der Waals surface area contributed by atoms with E-state index in [1.165, 1.54) is 6.07 Å². The summed E-state index contributed by atoms with van der Waals surface area (Å²) in [6.45, 7) is 1.65. The molecule has 0 radical (unpaired) electrons. The molecule has 0 amide bonds. The molecule has 1 aromatic carbocycles. The maximum absolute atomic E-state index is 13.1. The van der Waals surface area contributed by atoms with E-state index < -0.39 is 22.4 Å². The minimum absolute atomic E-state index is 0.0991. The highest BCUT2D eigenvalue weighted by Crippen LogP contribution is 2.36. The van der Waals surface area contributed by atoms with Gasteiger partial charge in [0.2, 0.25) is 0 Å². The zero-order chi connectivity index (χ0) is 16.1. The Morgan fingerprint density at radius 1 is 1.32 bits per heavy atom. The number of rotatable bonds is 3. The lowest BCUT2D eigenvalue weighted by molar-refractivity contribution is -0.385. The third-order valence-corrected chi connectivity index (χ3v) is 4.64. The Balaban J connectivity index is 1.82. The molecule has 2 bridgehead atoms. The van der Waals surface area contributed by atoms with Crippen molar-refractivity contribution in [2.24, 2.45) is 0 Å². The Kier molecular flexibility index (Phi) is 3.60. The average Bonchev–Trinajstić information content (AvgIpc) is 2.46. The van der Waals surface area contributed by atoms with Gasteiger partial charge in [-0.2, -0.15) is 13.2 Å². The molecule has 3 aliphatic heterocycles. The number of non-ortho nitro benzene ring substituents is 1. The third-order valence-electron chi connectivity index (χ3n) is 4.64. The summed E-state index contributed by atoms with van der Waals surface area (Å²) in [5.74, 6) is 0. The van der Waals surface area contributed by atoms with Gasteiger partial charge in [-0.05, 0) is 19.0 Å². The van der Waals surface area contributed by atoms with Gasteiger partial charge in [-0.25, -0.2) is 0 Å². The van der Waals surface area contributed by atoms with E-state index in [-0.39, 0.29) is 12.1 Å². The van der Waals surface area contributed by atoms with Crippen LogP contribution in [-0.4, -0.2) is 46.9 Å². The maximum atomic E-state index is 13.1. The maximum Gasteiger partial charge on any atom is 0.416 e. The van der Waals surface area contributed by atoms with Gasteiger partial charge in [-0.3, -0.25) is 19.9 Å². The molecule has 3 saturated heterocycles. The number of halogens is 3. The summed E-state index contributed by atoms with van der Waals surface area (Å²) in [5.41, 5.74) is -1.34. The summed E-state index contributed by atoms with van der Waals surface area (Å²) < 4.78 is 39.4. The van der Waals surface area contributed by atoms with Crippen LogP contribution < -0.4 is 0 Å². The quantitative estimate of drug-likeness (QED) is 0.635. The van der Waals surface area contributed by atoms with Crippen LogP contribution in [0.4, 0.5) is 18.9 Å². The number of alkyl halides is 3. The van der Waals surface area contributed by atoms with Crippen LogP contribution in [0.1, 0.15) is 17.5 Å². The summed E-state index contributed by atoms with van der Waals surface area (Å²) >= 11 is 0. The van der Waals surface area contributed by atoms with E-state index in [0.717, 1.165) is 25.6 Å². The molecular formula is C14H16F3N3O2. The summed E-state index contributed by atoms with van der Waals surface area (Å²) in [6.07, 6.45) is -3.49. The molecule has 5 nitrogen and oxygen atoms in total. The minimum Gasteiger partial charge on any atom is -0.298 e. The number of likely N-dealkylation sites (N-methyl/N-ethyl adjacent to an activating group) is 1. The van der Waals surface area contributed by atoms with E-state index in [0.29, 0.717) is 18.2 Å². The van der Waals surface area contributed by atoms with Crippen molar-refractivity contribution >= 4 is 5.69 Å². The fourth-order valence-corrected chi connectivity index (χ4v) is 3.33. The number of nitro benzene ring substituents is 1. The van der Waals surface area contributed by atoms with Crippen molar-refractivity contribution in [3.63, 3.8) is 0 Å². The number of hydrogen-bond acceptors (Lipinski definition) is 4. The van der Waals surface area contributed by atoms with Crippen molar-refractivity contribution in [1.82, 2.24) is 9.80 Å². The van der Waals surface area contributed by atoms with E-state index in [9.17, 15) is 23.3 Å². The molecule has 0 saturated carbocycles. The van der Waals surface area contributed by atoms with Crippen LogP contribution in [-0.2, 0) is 12.7 Å². The molecule has 0 aliphatic carbocycles. The lowest BCUT2D eigenvalue weighted by Crippen LogP contribution is -2.66. The van der Waals surface area contributed by atoms with Gasteiger partial charge in [-0.1, -0.05) is 6.07 Å². The molecule has 8 heteroatoms. The summed E-state index contributed by atoms with van der Waals surface area (Å²) in [5, 5.41) is 10.7. The minimum atomic E-state index is -4.59. The third kappa shape index (κ3) is 2.68. The standard InChI is InChI=1S/C14H16F3N3O2/c1-18-11-4-12(18)8-19(7-11)6-9-2-3-10(20(21)22)5-13(9)14(15,16)17/h2-3,5,11-12H,4,6-8H2,1H3. The van der Waals surface area contributed by atoms with Crippen LogP contribution in [0.3, 0.4) is 0 Å².